The first-order valence-corrected chi connectivity index (χ1v) is 11.1. The van der Waals surface area contributed by atoms with E-state index in [4.69, 9.17) is 9.72 Å². The van der Waals surface area contributed by atoms with Crippen LogP contribution in [0.3, 0.4) is 0 Å². The highest BCUT2D eigenvalue weighted by atomic mass is 16.5. The second-order valence-electron chi connectivity index (χ2n) is 8.13. The monoisotopic (exact) mass is 405 g/mol. The Bertz CT molecular complexity index is 993. The average molecular weight is 406 g/mol. The zero-order chi connectivity index (χ0) is 20.9. The van der Waals surface area contributed by atoms with Gasteiger partial charge in [-0.25, -0.2) is 4.98 Å². The molecule has 4 rings (SSSR count). The van der Waals surface area contributed by atoms with Crippen LogP contribution in [0.4, 0.5) is 5.69 Å². The standard InChI is InChI=1S/C25H31N3O2/c1-3-4-5-6-9-16-27-23-11-8-7-10-22(23)26-25(27)19-17-24(29)28(18-19)20-12-14-21(30-2)15-13-20/h7-8,10-15,19H,3-6,9,16-18H2,1-2H3/t19-/m1/s1. The maximum Gasteiger partial charge on any atom is 0.227 e. The van der Waals surface area contributed by atoms with E-state index < -0.39 is 0 Å². The minimum absolute atomic E-state index is 0.114. The van der Waals surface area contributed by atoms with Crippen LogP contribution in [0.1, 0.15) is 57.2 Å². The van der Waals surface area contributed by atoms with E-state index in [1.807, 2.05) is 35.2 Å². The average Bonchev–Trinajstić information content (AvgIpc) is 3.34. The van der Waals surface area contributed by atoms with Crippen LogP contribution in [0.5, 0.6) is 5.75 Å². The van der Waals surface area contributed by atoms with E-state index in [2.05, 4.69) is 29.7 Å². The van der Waals surface area contributed by atoms with Crippen LogP contribution in [-0.2, 0) is 11.3 Å². The molecule has 1 aromatic heterocycles. The van der Waals surface area contributed by atoms with Crippen LogP contribution < -0.4 is 9.64 Å². The Kier molecular flexibility index (Phi) is 6.36. The summed E-state index contributed by atoms with van der Waals surface area (Å²) in [6.07, 6.45) is 6.73. The molecule has 5 nitrogen and oxygen atoms in total. The number of unbranched alkanes of at least 4 members (excludes halogenated alkanes) is 4. The number of carbonyl (C=O) groups is 1. The SMILES string of the molecule is CCCCCCCn1c([C@@H]2CC(=O)N(c3ccc(OC)cc3)C2)nc2ccccc21. The topological polar surface area (TPSA) is 47.4 Å². The van der Waals surface area contributed by atoms with E-state index in [0.717, 1.165) is 35.7 Å². The summed E-state index contributed by atoms with van der Waals surface area (Å²) in [7, 11) is 1.65. The molecule has 1 aliphatic rings. The Hall–Kier alpha value is -2.82. The zero-order valence-electron chi connectivity index (χ0n) is 18.0. The number of hydrogen-bond acceptors (Lipinski definition) is 3. The van der Waals surface area contributed by atoms with Gasteiger partial charge in [-0.15, -0.1) is 0 Å². The minimum Gasteiger partial charge on any atom is -0.497 e. The molecule has 0 N–H and O–H groups in total. The third kappa shape index (κ3) is 4.20. The molecule has 0 saturated carbocycles. The number of anilines is 1. The molecule has 0 bridgehead atoms. The Morgan fingerprint density at radius 3 is 2.57 bits per heavy atom. The second-order valence-corrected chi connectivity index (χ2v) is 8.13. The van der Waals surface area contributed by atoms with Crippen molar-refractivity contribution >= 4 is 22.6 Å². The van der Waals surface area contributed by atoms with Gasteiger partial charge in [0.05, 0.1) is 18.1 Å². The summed E-state index contributed by atoms with van der Waals surface area (Å²) in [5, 5.41) is 0. The van der Waals surface area contributed by atoms with Gasteiger partial charge in [-0.3, -0.25) is 4.79 Å². The van der Waals surface area contributed by atoms with E-state index in [9.17, 15) is 4.79 Å². The molecule has 1 fully saturated rings. The molecule has 0 radical (unpaired) electrons. The van der Waals surface area contributed by atoms with Gasteiger partial charge < -0.3 is 14.2 Å². The van der Waals surface area contributed by atoms with Crippen molar-refractivity contribution in [3.05, 3.63) is 54.4 Å². The van der Waals surface area contributed by atoms with Crippen molar-refractivity contribution < 1.29 is 9.53 Å². The van der Waals surface area contributed by atoms with Crippen molar-refractivity contribution in [2.24, 2.45) is 0 Å². The number of benzene rings is 2. The van der Waals surface area contributed by atoms with Crippen LogP contribution >= 0.6 is 0 Å². The van der Waals surface area contributed by atoms with Crippen LogP contribution in [0.2, 0.25) is 0 Å². The molecule has 30 heavy (non-hydrogen) atoms. The van der Waals surface area contributed by atoms with Crippen molar-refractivity contribution in [1.82, 2.24) is 9.55 Å². The highest BCUT2D eigenvalue weighted by molar-refractivity contribution is 5.96. The summed E-state index contributed by atoms with van der Waals surface area (Å²) in [5.74, 6) is 2.12. The number of nitrogens with zero attached hydrogens (tertiary/aromatic N) is 3. The van der Waals surface area contributed by atoms with E-state index in [0.29, 0.717) is 13.0 Å². The van der Waals surface area contributed by atoms with Crippen molar-refractivity contribution in [2.75, 3.05) is 18.6 Å². The Morgan fingerprint density at radius 1 is 1.03 bits per heavy atom. The van der Waals surface area contributed by atoms with Gasteiger partial charge >= 0.3 is 0 Å². The summed E-state index contributed by atoms with van der Waals surface area (Å²) in [5.41, 5.74) is 3.13. The number of amides is 1. The number of ether oxygens (including phenoxy) is 1. The number of methoxy groups -OCH3 is 1. The normalized spacial score (nSPS) is 16.5. The first kappa shape index (κ1) is 20.5. The molecule has 0 unspecified atom stereocenters. The highest BCUT2D eigenvalue weighted by Gasteiger charge is 2.34. The van der Waals surface area contributed by atoms with Crippen LogP contribution in [0.15, 0.2) is 48.5 Å². The molecule has 2 aromatic carbocycles. The van der Waals surface area contributed by atoms with Crippen molar-refractivity contribution in [2.45, 2.75) is 57.9 Å². The Balaban J connectivity index is 1.56. The van der Waals surface area contributed by atoms with E-state index in [1.165, 1.54) is 31.2 Å². The van der Waals surface area contributed by atoms with E-state index in [-0.39, 0.29) is 11.8 Å². The van der Waals surface area contributed by atoms with Crippen LogP contribution in [0, 0.1) is 0 Å². The Labute approximate surface area is 178 Å². The van der Waals surface area contributed by atoms with Gasteiger partial charge in [0.1, 0.15) is 11.6 Å². The van der Waals surface area contributed by atoms with Crippen molar-refractivity contribution in [3.8, 4) is 5.75 Å². The first-order chi connectivity index (χ1) is 14.7. The number of para-hydroxylation sites is 2. The van der Waals surface area contributed by atoms with Gasteiger partial charge in [0.2, 0.25) is 5.91 Å². The molecule has 1 aliphatic heterocycles. The number of imidazole rings is 1. The smallest absolute Gasteiger partial charge is 0.227 e. The lowest BCUT2D eigenvalue weighted by Gasteiger charge is -2.18. The summed E-state index contributed by atoms with van der Waals surface area (Å²) in [4.78, 5) is 19.7. The molecular weight excluding hydrogens is 374 g/mol. The van der Waals surface area contributed by atoms with Crippen molar-refractivity contribution in [3.63, 3.8) is 0 Å². The molecule has 0 spiro atoms. The summed E-state index contributed by atoms with van der Waals surface area (Å²) in [6.45, 7) is 3.88. The zero-order valence-corrected chi connectivity index (χ0v) is 18.0. The lowest BCUT2D eigenvalue weighted by atomic mass is 10.1. The predicted octanol–water partition coefficient (Wildman–Crippen LogP) is 5.54. The number of carbonyl (C=O) groups excluding carboxylic acids is 1. The first-order valence-electron chi connectivity index (χ1n) is 11.1. The molecule has 5 heteroatoms. The summed E-state index contributed by atoms with van der Waals surface area (Å²) >= 11 is 0. The van der Waals surface area contributed by atoms with Crippen LogP contribution in [0.25, 0.3) is 11.0 Å². The molecule has 1 saturated heterocycles. The molecule has 3 aromatic rings. The fourth-order valence-electron chi connectivity index (χ4n) is 4.41. The molecule has 0 aliphatic carbocycles. The van der Waals surface area contributed by atoms with Crippen LogP contribution in [-0.4, -0.2) is 29.1 Å². The summed E-state index contributed by atoms with van der Waals surface area (Å²) < 4.78 is 7.60. The number of fused-ring (bicyclic) bond motifs is 1. The number of aryl methyl sites for hydroxylation is 1. The van der Waals surface area contributed by atoms with Gasteiger partial charge in [-0.2, -0.15) is 0 Å². The fourth-order valence-corrected chi connectivity index (χ4v) is 4.41. The molecule has 2 heterocycles. The van der Waals surface area contributed by atoms with E-state index in [1.54, 1.807) is 7.11 Å². The number of hydrogen-bond donors (Lipinski definition) is 0. The highest BCUT2D eigenvalue weighted by Crippen LogP contribution is 2.34. The van der Waals surface area contributed by atoms with Gasteiger partial charge in [0, 0.05) is 31.1 Å². The molecular formula is C25H31N3O2. The quantitative estimate of drug-likeness (QED) is 0.439. The third-order valence-electron chi connectivity index (χ3n) is 6.04. The minimum atomic E-state index is 0.114. The lowest BCUT2D eigenvalue weighted by molar-refractivity contribution is -0.117. The molecule has 1 amide bonds. The maximum atomic E-state index is 12.8. The maximum absolute atomic E-state index is 12.8. The number of rotatable bonds is 9. The van der Waals surface area contributed by atoms with Gasteiger partial charge in [-0.1, -0.05) is 44.7 Å². The second kappa shape index (κ2) is 9.33. The number of aromatic nitrogens is 2. The van der Waals surface area contributed by atoms with Gasteiger partial charge in [-0.05, 0) is 42.8 Å². The predicted molar refractivity (Wildman–Crippen MR) is 121 cm³/mol. The molecule has 158 valence electrons. The van der Waals surface area contributed by atoms with Gasteiger partial charge in [0.15, 0.2) is 0 Å². The Morgan fingerprint density at radius 2 is 1.80 bits per heavy atom. The molecule has 1 atom stereocenters. The largest absolute Gasteiger partial charge is 0.497 e. The fraction of sp³-hybridized carbons (Fsp3) is 0.440. The van der Waals surface area contributed by atoms with Crippen molar-refractivity contribution in [1.29, 1.82) is 0 Å². The lowest BCUT2D eigenvalue weighted by Crippen LogP contribution is -2.24. The van der Waals surface area contributed by atoms with Gasteiger partial charge in [0.25, 0.3) is 0 Å². The van der Waals surface area contributed by atoms with E-state index >= 15 is 0 Å². The summed E-state index contributed by atoms with van der Waals surface area (Å²) in [6, 6.07) is 16.0. The third-order valence-corrected chi connectivity index (χ3v) is 6.04.